The van der Waals surface area contributed by atoms with Gasteiger partial charge in [-0.15, -0.1) is 0 Å². The number of nitrogens with zero attached hydrogens (tertiary/aromatic N) is 1. The zero-order valence-electron chi connectivity index (χ0n) is 8.57. The largest absolute Gasteiger partial charge is 0.478 e. The Balaban J connectivity index is 0.000000437. The van der Waals surface area contributed by atoms with E-state index in [0.717, 1.165) is 6.07 Å². The Morgan fingerprint density at radius 3 is 1.82 bits per heavy atom. The lowest BCUT2D eigenvalue weighted by molar-refractivity contribution is -0.401. The molecule has 90 valence electrons. The minimum absolute atomic E-state index is 0.0186. The number of benzene rings is 1. The van der Waals surface area contributed by atoms with Crippen LogP contribution in [0.3, 0.4) is 0 Å². The normalized spacial score (nSPS) is 8.47. The minimum Gasteiger partial charge on any atom is -0.478 e. The van der Waals surface area contributed by atoms with Gasteiger partial charge in [-0.25, -0.2) is 9.59 Å². The summed E-state index contributed by atoms with van der Waals surface area (Å²) in [4.78, 5) is 29.2. The average molecular weight is 239 g/mol. The lowest BCUT2D eigenvalue weighted by Gasteiger charge is -1.95. The summed E-state index contributed by atoms with van der Waals surface area (Å²) in [6.45, 7) is 2.86. The summed E-state index contributed by atoms with van der Waals surface area (Å²) in [5, 5.41) is 26.1. The van der Waals surface area contributed by atoms with Crippen LogP contribution in [0.4, 0.5) is 0 Å². The van der Waals surface area contributed by atoms with Crippen molar-refractivity contribution in [2.45, 2.75) is 0 Å². The predicted molar refractivity (Wildman–Crippen MR) is 57.6 cm³/mol. The van der Waals surface area contributed by atoms with Gasteiger partial charge in [-0.1, -0.05) is 6.07 Å². The number of aromatic carboxylic acids is 2. The molecule has 1 aromatic carbocycles. The molecule has 0 amide bonds. The highest BCUT2D eigenvalue weighted by Gasteiger charge is 2.06. The second-order valence-corrected chi connectivity index (χ2v) is 2.66. The molecule has 1 rings (SSSR count). The first-order chi connectivity index (χ1) is 7.88. The quantitative estimate of drug-likeness (QED) is 0.609. The number of carboxylic acid groups (broad SMARTS) is 2. The zero-order chi connectivity index (χ0) is 13.4. The van der Waals surface area contributed by atoms with Crippen LogP contribution in [0.25, 0.3) is 0 Å². The summed E-state index contributed by atoms with van der Waals surface area (Å²) in [5.74, 6) is -2.25. The van der Waals surface area contributed by atoms with Crippen molar-refractivity contribution in [2.75, 3.05) is 0 Å². The van der Waals surface area contributed by atoms with Crippen molar-refractivity contribution in [2.24, 2.45) is 0 Å². The molecule has 1 aromatic rings. The van der Waals surface area contributed by atoms with Crippen molar-refractivity contribution in [3.05, 3.63) is 58.3 Å². The second kappa shape index (κ2) is 6.72. The van der Waals surface area contributed by atoms with Gasteiger partial charge in [0.05, 0.1) is 16.1 Å². The lowest BCUT2D eigenvalue weighted by Crippen LogP contribution is -2.01. The number of carboxylic acids is 2. The van der Waals surface area contributed by atoms with Gasteiger partial charge in [-0.05, 0) is 24.8 Å². The van der Waals surface area contributed by atoms with Gasteiger partial charge in [0.15, 0.2) is 0 Å². The SMILES string of the molecule is C=C[N+](=O)[O-].O=C(O)c1cccc(C(=O)O)c1. The van der Waals surface area contributed by atoms with Crippen LogP contribution in [0.5, 0.6) is 0 Å². The first kappa shape index (κ1) is 14.3. The van der Waals surface area contributed by atoms with Gasteiger partial charge in [0.1, 0.15) is 0 Å². The van der Waals surface area contributed by atoms with Crippen LogP contribution in [-0.2, 0) is 0 Å². The van der Waals surface area contributed by atoms with E-state index in [2.05, 4.69) is 6.58 Å². The molecule has 7 nitrogen and oxygen atoms in total. The van der Waals surface area contributed by atoms with E-state index in [0.29, 0.717) is 6.20 Å². The van der Waals surface area contributed by atoms with Gasteiger partial charge in [-0.2, -0.15) is 0 Å². The molecule has 0 spiro atoms. The number of rotatable bonds is 3. The fourth-order valence-electron chi connectivity index (χ4n) is 0.785. The van der Waals surface area contributed by atoms with Crippen LogP contribution in [0.2, 0.25) is 0 Å². The third kappa shape index (κ3) is 5.67. The van der Waals surface area contributed by atoms with Gasteiger partial charge in [0, 0.05) is 0 Å². The van der Waals surface area contributed by atoms with Gasteiger partial charge in [0.25, 0.3) is 0 Å². The Kier molecular flexibility index (Phi) is 5.66. The Bertz CT molecular complexity index is 425. The van der Waals surface area contributed by atoms with E-state index in [9.17, 15) is 9.59 Å². The highest BCUT2D eigenvalue weighted by molar-refractivity contribution is 5.93. The van der Waals surface area contributed by atoms with Crippen molar-refractivity contribution in [3.8, 4) is 0 Å². The Labute approximate surface area is 95.8 Å². The molecule has 17 heavy (non-hydrogen) atoms. The predicted octanol–water partition coefficient (Wildman–Crippen LogP) is 1.49. The lowest BCUT2D eigenvalue weighted by atomic mass is 10.1. The topological polar surface area (TPSA) is 118 Å². The van der Waals surface area contributed by atoms with E-state index >= 15 is 0 Å². The molecule has 0 aliphatic carbocycles. The smallest absolute Gasteiger partial charge is 0.335 e. The first-order valence-corrected chi connectivity index (χ1v) is 4.21. The van der Waals surface area contributed by atoms with E-state index in [4.69, 9.17) is 20.3 Å². The van der Waals surface area contributed by atoms with Gasteiger partial charge in [0.2, 0.25) is 6.20 Å². The summed E-state index contributed by atoms with van der Waals surface area (Å²) < 4.78 is 0. The summed E-state index contributed by atoms with van der Waals surface area (Å²) in [6.07, 6.45) is 0.639. The van der Waals surface area contributed by atoms with E-state index in [1.165, 1.54) is 18.2 Å². The van der Waals surface area contributed by atoms with Gasteiger partial charge < -0.3 is 10.2 Å². The summed E-state index contributed by atoms with van der Waals surface area (Å²) in [5.41, 5.74) is -0.0372. The van der Waals surface area contributed by atoms with Crippen LogP contribution in [0.15, 0.2) is 37.0 Å². The van der Waals surface area contributed by atoms with Gasteiger partial charge >= 0.3 is 11.9 Å². The molecule has 0 aliphatic rings. The number of nitro groups is 1. The molecule has 2 N–H and O–H groups in total. The fourth-order valence-corrected chi connectivity index (χ4v) is 0.785. The van der Waals surface area contributed by atoms with Crippen molar-refractivity contribution in [1.29, 1.82) is 0 Å². The monoisotopic (exact) mass is 239 g/mol. The third-order valence-electron chi connectivity index (χ3n) is 1.51. The van der Waals surface area contributed by atoms with Crippen LogP contribution < -0.4 is 0 Å². The van der Waals surface area contributed by atoms with E-state index < -0.39 is 16.9 Å². The fraction of sp³-hybridized carbons (Fsp3) is 0. The molecule has 0 unspecified atom stereocenters. The number of hydrogen-bond acceptors (Lipinski definition) is 4. The molecule has 0 saturated carbocycles. The molecule has 0 saturated heterocycles. The van der Waals surface area contributed by atoms with Crippen LogP contribution in [0, 0.1) is 10.1 Å². The Hall–Kier alpha value is -2.70. The van der Waals surface area contributed by atoms with Crippen LogP contribution in [-0.4, -0.2) is 27.1 Å². The molecular weight excluding hydrogens is 230 g/mol. The average Bonchev–Trinajstić information content (AvgIpc) is 2.29. The molecular formula is C10H9NO6. The molecule has 0 aromatic heterocycles. The summed E-state index contributed by atoms with van der Waals surface area (Å²) in [6, 6.07) is 5.20. The molecule has 0 atom stereocenters. The minimum atomic E-state index is -1.13. The van der Waals surface area contributed by atoms with E-state index in [1.54, 1.807) is 0 Å². The molecule has 0 bridgehead atoms. The van der Waals surface area contributed by atoms with Crippen molar-refractivity contribution in [1.82, 2.24) is 0 Å². The van der Waals surface area contributed by atoms with E-state index in [1.807, 2.05) is 0 Å². The van der Waals surface area contributed by atoms with Crippen molar-refractivity contribution in [3.63, 3.8) is 0 Å². The maximum atomic E-state index is 10.4. The summed E-state index contributed by atoms with van der Waals surface area (Å²) in [7, 11) is 0. The van der Waals surface area contributed by atoms with Gasteiger partial charge in [-0.3, -0.25) is 10.1 Å². The van der Waals surface area contributed by atoms with Crippen molar-refractivity contribution < 1.29 is 24.7 Å². The third-order valence-corrected chi connectivity index (χ3v) is 1.51. The van der Waals surface area contributed by atoms with Crippen molar-refractivity contribution >= 4 is 11.9 Å². The number of carbonyl (C=O) groups is 2. The molecule has 0 fully saturated rings. The highest BCUT2D eigenvalue weighted by Crippen LogP contribution is 2.04. The maximum Gasteiger partial charge on any atom is 0.335 e. The van der Waals surface area contributed by atoms with Crippen LogP contribution in [0.1, 0.15) is 20.7 Å². The molecule has 0 radical (unpaired) electrons. The Morgan fingerprint density at radius 1 is 1.24 bits per heavy atom. The molecule has 0 aliphatic heterocycles. The van der Waals surface area contributed by atoms with Crippen LogP contribution >= 0.6 is 0 Å². The second-order valence-electron chi connectivity index (χ2n) is 2.66. The maximum absolute atomic E-state index is 10.4. The van der Waals surface area contributed by atoms with E-state index in [-0.39, 0.29) is 11.1 Å². The highest BCUT2D eigenvalue weighted by atomic mass is 16.6. The molecule has 0 heterocycles. The zero-order valence-corrected chi connectivity index (χ0v) is 8.57. The summed E-state index contributed by atoms with van der Waals surface area (Å²) >= 11 is 0. The standard InChI is InChI=1S/C8H6O4.C2H3NO2/c9-7(10)5-2-1-3-6(4-5)8(11)12;1-2-3(4)5/h1-4H,(H,9,10)(H,11,12);2H,1H2. The number of hydrogen-bond donors (Lipinski definition) is 2. The molecule has 7 heteroatoms. The first-order valence-electron chi connectivity index (χ1n) is 4.21. The Morgan fingerprint density at radius 2 is 1.59 bits per heavy atom.